The Hall–Kier alpha value is -1.09. The zero-order valence-corrected chi connectivity index (χ0v) is 13.3. The van der Waals surface area contributed by atoms with Gasteiger partial charge in [0.25, 0.3) is 0 Å². The summed E-state index contributed by atoms with van der Waals surface area (Å²) < 4.78 is 0. The maximum atomic E-state index is 5.34. The Morgan fingerprint density at radius 3 is 2.58 bits per heavy atom. The lowest BCUT2D eigenvalue weighted by Gasteiger charge is -2.17. The zero-order chi connectivity index (χ0) is 14.3. The number of hydrogen-bond acceptors (Lipinski definition) is 1. The van der Waals surface area contributed by atoms with Gasteiger partial charge in [-0.3, -0.25) is 0 Å². The maximum absolute atomic E-state index is 5.34. The zero-order valence-electron chi connectivity index (χ0n) is 12.5. The van der Waals surface area contributed by atoms with Gasteiger partial charge >= 0.3 is 0 Å². The van der Waals surface area contributed by atoms with Crippen molar-refractivity contribution in [2.24, 2.45) is 5.92 Å². The molecule has 0 heterocycles. The smallest absolute Gasteiger partial charge is 0.170 e. The number of rotatable bonds is 6. The van der Waals surface area contributed by atoms with Gasteiger partial charge in [-0.25, -0.2) is 0 Å². The third-order valence-electron chi connectivity index (χ3n) is 3.07. The average molecular weight is 278 g/mol. The van der Waals surface area contributed by atoms with Gasteiger partial charge in [-0.1, -0.05) is 38.8 Å². The summed E-state index contributed by atoms with van der Waals surface area (Å²) in [4.78, 5) is 0. The first-order valence-corrected chi connectivity index (χ1v) is 7.52. The first-order chi connectivity index (χ1) is 8.97. The van der Waals surface area contributed by atoms with Gasteiger partial charge in [0, 0.05) is 11.7 Å². The molecule has 2 nitrogen and oxygen atoms in total. The van der Waals surface area contributed by atoms with Crippen LogP contribution in [0.5, 0.6) is 0 Å². The third-order valence-corrected chi connectivity index (χ3v) is 3.29. The van der Waals surface area contributed by atoms with Crippen molar-refractivity contribution in [1.29, 1.82) is 0 Å². The van der Waals surface area contributed by atoms with E-state index in [9.17, 15) is 0 Å². The highest BCUT2D eigenvalue weighted by molar-refractivity contribution is 7.80. The molecular formula is C16H26N2S. The lowest BCUT2D eigenvalue weighted by Crippen LogP contribution is -2.35. The van der Waals surface area contributed by atoms with Gasteiger partial charge in [-0.05, 0) is 56.1 Å². The van der Waals surface area contributed by atoms with Gasteiger partial charge in [0.1, 0.15) is 0 Å². The minimum absolute atomic E-state index is 0.420. The summed E-state index contributed by atoms with van der Waals surface area (Å²) in [7, 11) is 0. The Morgan fingerprint density at radius 1 is 1.21 bits per heavy atom. The number of benzene rings is 1. The molecule has 19 heavy (non-hydrogen) atoms. The number of thiocarbonyl (C=S) groups is 1. The lowest BCUT2D eigenvalue weighted by atomic mass is 10.0. The van der Waals surface area contributed by atoms with Crippen LogP contribution >= 0.6 is 12.2 Å². The van der Waals surface area contributed by atoms with E-state index in [1.807, 2.05) is 12.1 Å². The second kappa shape index (κ2) is 8.16. The van der Waals surface area contributed by atoms with Crippen molar-refractivity contribution < 1.29 is 0 Å². The summed E-state index contributed by atoms with van der Waals surface area (Å²) in [6, 6.07) is 8.66. The molecule has 0 bridgehead atoms. The number of aryl methyl sites for hydroxylation is 1. The van der Waals surface area contributed by atoms with Crippen LogP contribution in [0.25, 0.3) is 0 Å². The number of hydrogen-bond donors (Lipinski definition) is 2. The van der Waals surface area contributed by atoms with Crippen molar-refractivity contribution in [2.75, 3.05) is 5.32 Å². The molecule has 2 N–H and O–H groups in total. The molecular weight excluding hydrogens is 252 g/mol. The molecule has 3 heteroatoms. The summed E-state index contributed by atoms with van der Waals surface area (Å²) in [5, 5.41) is 7.29. The molecule has 106 valence electrons. The van der Waals surface area contributed by atoms with Gasteiger partial charge in [-0.15, -0.1) is 0 Å². The quantitative estimate of drug-likeness (QED) is 0.749. The van der Waals surface area contributed by atoms with E-state index >= 15 is 0 Å². The van der Waals surface area contributed by atoms with Gasteiger partial charge in [0.2, 0.25) is 0 Å². The van der Waals surface area contributed by atoms with Gasteiger partial charge in [-0.2, -0.15) is 0 Å². The van der Waals surface area contributed by atoms with E-state index < -0.39 is 0 Å². The monoisotopic (exact) mass is 278 g/mol. The summed E-state index contributed by atoms with van der Waals surface area (Å²) >= 11 is 5.34. The first-order valence-electron chi connectivity index (χ1n) is 7.11. The molecule has 1 unspecified atom stereocenters. The fourth-order valence-corrected chi connectivity index (χ4v) is 2.34. The van der Waals surface area contributed by atoms with Crippen LogP contribution in [0, 0.1) is 12.8 Å². The molecule has 0 saturated heterocycles. The van der Waals surface area contributed by atoms with Crippen LogP contribution in [0.4, 0.5) is 5.69 Å². The topological polar surface area (TPSA) is 24.1 Å². The van der Waals surface area contributed by atoms with Crippen LogP contribution in [0.15, 0.2) is 24.3 Å². The van der Waals surface area contributed by atoms with E-state index in [-0.39, 0.29) is 0 Å². The number of nitrogens with one attached hydrogen (secondary N) is 2. The normalized spacial score (nSPS) is 12.3. The largest absolute Gasteiger partial charge is 0.360 e. The Labute approximate surface area is 123 Å². The Kier molecular flexibility index (Phi) is 6.85. The molecule has 0 saturated carbocycles. The summed E-state index contributed by atoms with van der Waals surface area (Å²) in [5.41, 5.74) is 2.28. The molecule has 0 radical (unpaired) electrons. The van der Waals surface area contributed by atoms with Crippen molar-refractivity contribution in [1.82, 2.24) is 5.32 Å². The highest BCUT2D eigenvalue weighted by Gasteiger charge is 2.05. The number of anilines is 1. The molecule has 0 aliphatic rings. The van der Waals surface area contributed by atoms with Crippen molar-refractivity contribution in [3.05, 3.63) is 29.8 Å². The fourth-order valence-electron chi connectivity index (χ4n) is 2.02. The standard InChI is InChI=1S/C16H26N2S/c1-12(2)7-5-9-14(4)17-16(19)18-15-10-6-8-13(3)11-15/h6,8,10-12,14H,5,7,9H2,1-4H3,(H2,17,18,19). The Morgan fingerprint density at radius 2 is 1.95 bits per heavy atom. The van der Waals surface area contributed by atoms with Crippen LogP contribution in [-0.2, 0) is 0 Å². The van der Waals surface area contributed by atoms with Gasteiger partial charge in [0.05, 0.1) is 0 Å². The summed E-state index contributed by atoms with van der Waals surface area (Å²) in [6.07, 6.45) is 3.69. The molecule has 1 atom stereocenters. The summed E-state index contributed by atoms with van der Waals surface area (Å²) in [5.74, 6) is 0.782. The molecule has 0 fully saturated rings. The van der Waals surface area contributed by atoms with E-state index in [1.54, 1.807) is 0 Å². The average Bonchev–Trinajstić information content (AvgIpc) is 2.27. The highest BCUT2D eigenvalue weighted by Crippen LogP contribution is 2.10. The van der Waals surface area contributed by atoms with Crippen LogP contribution < -0.4 is 10.6 Å². The molecule has 1 aromatic carbocycles. The fraction of sp³-hybridized carbons (Fsp3) is 0.562. The highest BCUT2D eigenvalue weighted by atomic mass is 32.1. The second-order valence-corrected chi connectivity index (χ2v) is 6.10. The van der Waals surface area contributed by atoms with Crippen LogP contribution in [-0.4, -0.2) is 11.2 Å². The molecule has 0 aromatic heterocycles. The van der Waals surface area contributed by atoms with Gasteiger partial charge < -0.3 is 10.6 Å². The summed E-state index contributed by atoms with van der Waals surface area (Å²) in [6.45, 7) is 8.80. The Bertz CT molecular complexity index is 401. The first kappa shape index (κ1) is 16.0. The predicted molar refractivity (Wildman–Crippen MR) is 88.7 cm³/mol. The van der Waals surface area contributed by atoms with E-state index in [0.29, 0.717) is 11.2 Å². The van der Waals surface area contributed by atoms with Crippen molar-refractivity contribution in [3.63, 3.8) is 0 Å². The van der Waals surface area contributed by atoms with Crippen LogP contribution in [0.1, 0.15) is 45.6 Å². The van der Waals surface area contributed by atoms with Gasteiger partial charge in [0.15, 0.2) is 5.11 Å². The van der Waals surface area contributed by atoms with Crippen LogP contribution in [0.2, 0.25) is 0 Å². The third kappa shape index (κ3) is 7.16. The molecule has 1 rings (SSSR count). The second-order valence-electron chi connectivity index (χ2n) is 5.69. The predicted octanol–water partition coefficient (Wildman–Crippen LogP) is 4.50. The molecule has 1 aromatic rings. The van der Waals surface area contributed by atoms with E-state index in [1.165, 1.54) is 18.4 Å². The molecule has 0 amide bonds. The molecule has 0 aliphatic carbocycles. The SMILES string of the molecule is Cc1cccc(NC(=S)NC(C)CCCC(C)C)c1. The molecule has 0 aliphatic heterocycles. The van der Waals surface area contributed by atoms with E-state index in [2.05, 4.69) is 50.5 Å². The van der Waals surface area contributed by atoms with E-state index in [4.69, 9.17) is 12.2 Å². The van der Waals surface area contributed by atoms with E-state index in [0.717, 1.165) is 18.0 Å². The minimum atomic E-state index is 0.420. The lowest BCUT2D eigenvalue weighted by molar-refractivity contribution is 0.495. The minimum Gasteiger partial charge on any atom is -0.360 e. The van der Waals surface area contributed by atoms with Crippen molar-refractivity contribution in [2.45, 2.75) is 53.0 Å². The van der Waals surface area contributed by atoms with Crippen molar-refractivity contribution >= 4 is 23.0 Å². The Balaban J connectivity index is 2.30. The van der Waals surface area contributed by atoms with Crippen LogP contribution in [0.3, 0.4) is 0 Å². The van der Waals surface area contributed by atoms with Crippen molar-refractivity contribution in [3.8, 4) is 0 Å². The maximum Gasteiger partial charge on any atom is 0.170 e. The molecule has 0 spiro atoms.